The van der Waals surface area contributed by atoms with E-state index in [-0.39, 0.29) is 25.2 Å². The van der Waals surface area contributed by atoms with Gasteiger partial charge in [-0.1, -0.05) is 12.8 Å². The van der Waals surface area contributed by atoms with Crippen molar-refractivity contribution in [3.05, 3.63) is 47.5 Å². The van der Waals surface area contributed by atoms with Crippen LogP contribution in [-0.4, -0.2) is 25.2 Å². The molecule has 0 unspecified atom stereocenters. The molecule has 2 aliphatic rings. The van der Waals surface area contributed by atoms with E-state index in [9.17, 15) is 9.59 Å². The lowest BCUT2D eigenvalue weighted by molar-refractivity contribution is 0.0966. The molecule has 0 aliphatic carbocycles. The van der Waals surface area contributed by atoms with E-state index < -0.39 is 0 Å². The minimum absolute atomic E-state index is 0.106. The normalized spacial score (nSPS) is 13.6. The number of carbonyl (C=O) groups excluding carboxylic acids is 2. The van der Waals surface area contributed by atoms with E-state index in [2.05, 4.69) is 0 Å². The van der Waals surface area contributed by atoms with Crippen LogP contribution in [0.3, 0.4) is 0 Å². The van der Waals surface area contributed by atoms with E-state index >= 15 is 0 Å². The van der Waals surface area contributed by atoms with Crippen LogP contribution < -0.4 is 18.9 Å². The summed E-state index contributed by atoms with van der Waals surface area (Å²) in [5.41, 5.74) is 1.31. The molecule has 28 heavy (non-hydrogen) atoms. The largest absolute Gasteiger partial charge is 0.454 e. The molecule has 2 heterocycles. The molecule has 2 aliphatic heterocycles. The lowest BCUT2D eigenvalue weighted by Gasteiger charge is -2.04. The van der Waals surface area contributed by atoms with E-state index in [4.69, 9.17) is 18.9 Å². The Kier molecular flexibility index (Phi) is 5.46. The van der Waals surface area contributed by atoms with Crippen LogP contribution in [-0.2, 0) is 0 Å². The Morgan fingerprint density at radius 3 is 1.50 bits per heavy atom. The number of benzene rings is 2. The van der Waals surface area contributed by atoms with Crippen LogP contribution in [0, 0.1) is 0 Å². The highest BCUT2D eigenvalue weighted by atomic mass is 16.7. The summed E-state index contributed by atoms with van der Waals surface area (Å²) >= 11 is 0. The summed E-state index contributed by atoms with van der Waals surface area (Å²) in [6.45, 7) is 0.413. The topological polar surface area (TPSA) is 71.1 Å². The zero-order valence-electron chi connectivity index (χ0n) is 15.6. The predicted octanol–water partition coefficient (Wildman–Crippen LogP) is 4.55. The summed E-state index contributed by atoms with van der Waals surface area (Å²) in [4.78, 5) is 24.6. The first-order valence-electron chi connectivity index (χ1n) is 9.56. The van der Waals surface area contributed by atoms with Crippen molar-refractivity contribution >= 4 is 11.6 Å². The van der Waals surface area contributed by atoms with Gasteiger partial charge in [-0.15, -0.1) is 0 Å². The smallest absolute Gasteiger partial charge is 0.231 e. The first kappa shape index (κ1) is 18.3. The second-order valence-corrected chi connectivity index (χ2v) is 6.90. The van der Waals surface area contributed by atoms with Crippen molar-refractivity contribution in [3.8, 4) is 23.0 Å². The van der Waals surface area contributed by atoms with Gasteiger partial charge in [0.1, 0.15) is 0 Å². The molecule has 0 saturated carbocycles. The van der Waals surface area contributed by atoms with E-state index in [0.29, 0.717) is 47.0 Å². The average Bonchev–Trinajstić information content (AvgIpc) is 3.37. The van der Waals surface area contributed by atoms with Gasteiger partial charge in [0.15, 0.2) is 34.6 Å². The minimum atomic E-state index is 0.106. The predicted molar refractivity (Wildman–Crippen MR) is 101 cm³/mol. The molecule has 0 aromatic heterocycles. The zero-order chi connectivity index (χ0) is 19.3. The highest BCUT2D eigenvalue weighted by Crippen LogP contribution is 2.34. The second-order valence-electron chi connectivity index (χ2n) is 6.90. The molecule has 0 bridgehead atoms. The van der Waals surface area contributed by atoms with Crippen LogP contribution in [0.4, 0.5) is 0 Å². The van der Waals surface area contributed by atoms with Crippen LogP contribution >= 0.6 is 0 Å². The van der Waals surface area contributed by atoms with Gasteiger partial charge in [0.25, 0.3) is 0 Å². The number of rotatable bonds is 9. The molecule has 0 amide bonds. The van der Waals surface area contributed by atoms with Crippen molar-refractivity contribution < 1.29 is 28.5 Å². The lowest BCUT2D eigenvalue weighted by Crippen LogP contribution is -2.00. The molecule has 6 nitrogen and oxygen atoms in total. The molecule has 0 fully saturated rings. The van der Waals surface area contributed by atoms with E-state index in [1.807, 2.05) is 0 Å². The van der Waals surface area contributed by atoms with E-state index in [1.165, 1.54) is 0 Å². The van der Waals surface area contributed by atoms with Gasteiger partial charge < -0.3 is 18.9 Å². The lowest BCUT2D eigenvalue weighted by atomic mass is 10.0. The highest BCUT2D eigenvalue weighted by molar-refractivity contribution is 5.97. The summed E-state index contributed by atoms with van der Waals surface area (Å²) < 4.78 is 21.1. The Labute approximate surface area is 163 Å². The van der Waals surface area contributed by atoms with Crippen LogP contribution in [0.5, 0.6) is 23.0 Å². The minimum Gasteiger partial charge on any atom is -0.454 e. The molecule has 0 radical (unpaired) electrons. The number of hydrogen-bond donors (Lipinski definition) is 0. The third-order valence-electron chi connectivity index (χ3n) is 4.95. The average molecular weight is 382 g/mol. The summed E-state index contributed by atoms with van der Waals surface area (Å²) in [6, 6.07) is 10.6. The van der Waals surface area contributed by atoms with Gasteiger partial charge in [0, 0.05) is 24.0 Å². The SMILES string of the molecule is O=C(CCCCCCC(=O)c1ccc2c(c1)OCO2)c1ccc2c(c1)OCO2. The fourth-order valence-corrected chi connectivity index (χ4v) is 3.35. The number of unbranched alkanes of at least 4 members (excludes halogenated alkanes) is 3. The van der Waals surface area contributed by atoms with Gasteiger partial charge >= 0.3 is 0 Å². The van der Waals surface area contributed by atoms with Crippen LogP contribution in [0.1, 0.15) is 59.2 Å². The quantitative estimate of drug-likeness (QED) is 0.468. The summed E-state index contributed by atoms with van der Waals surface area (Å²) in [5, 5.41) is 0. The third-order valence-corrected chi connectivity index (χ3v) is 4.95. The standard InChI is InChI=1S/C22H22O6/c23-17(15-7-9-19-21(11-15)27-13-25-19)5-3-1-2-4-6-18(24)16-8-10-20-22(12-16)28-14-26-20/h7-12H,1-6,13-14H2. The number of hydrogen-bond acceptors (Lipinski definition) is 6. The molecule has 0 atom stereocenters. The van der Waals surface area contributed by atoms with Gasteiger partial charge in [0.05, 0.1) is 0 Å². The number of Topliss-reactive ketones (excluding diaryl/α,β-unsaturated/α-hetero) is 2. The molecule has 6 heteroatoms. The maximum Gasteiger partial charge on any atom is 0.231 e. The molecular formula is C22H22O6. The Balaban J connectivity index is 1.15. The number of carbonyl (C=O) groups is 2. The maximum absolute atomic E-state index is 12.3. The Bertz CT molecular complexity index is 815. The van der Waals surface area contributed by atoms with Crippen molar-refractivity contribution in [2.24, 2.45) is 0 Å². The van der Waals surface area contributed by atoms with E-state index in [0.717, 1.165) is 25.7 Å². The maximum atomic E-state index is 12.3. The van der Waals surface area contributed by atoms with Gasteiger partial charge in [-0.05, 0) is 49.2 Å². The van der Waals surface area contributed by atoms with Crippen molar-refractivity contribution in [3.63, 3.8) is 0 Å². The van der Waals surface area contributed by atoms with Crippen molar-refractivity contribution in [2.75, 3.05) is 13.6 Å². The fourth-order valence-electron chi connectivity index (χ4n) is 3.35. The molecule has 146 valence electrons. The molecular weight excluding hydrogens is 360 g/mol. The number of ketones is 2. The van der Waals surface area contributed by atoms with Gasteiger partial charge in [-0.25, -0.2) is 0 Å². The Morgan fingerprint density at radius 1 is 0.607 bits per heavy atom. The number of fused-ring (bicyclic) bond motifs is 2. The van der Waals surface area contributed by atoms with E-state index in [1.54, 1.807) is 36.4 Å². The zero-order valence-corrected chi connectivity index (χ0v) is 15.6. The fraction of sp³-hybridized carbons (Fsp3) is 0.364. The summed E-state index contributed by atoms with van der Waals surface area (Å²) in [7, 11) is 0. The Morgan fingerprint density at radius 2 is 1.04 bits per heavy atom. The highest BCUT2D eigenvalue weighted by Gasteiger charge is 2.17. The van der Waals surface area contributed by atoms with Gasteiger partial charge in [-0.2, -0.15) is 0 Å². The summed E-state index contributed by atoms with van der Waals surface area (Å²) in [5.74, 6) is 2.84. The molecule has 0 N–H and O–H groups in total. The first-order chi connectivity index (χ1) is 13.7. The molecule has 0 saturated heterocycles. The molecule has 0 spiro atoms. The van der Waals surface area contributed by atoms with Crippen molar-refractivity contribution in [2.45, 2.75) is 38.5 Å². The van der Waals surface area contributed by atoms with Crippen LogP contribution in [0.25, 0.3) is 0 Å². The first-order valence-corrected chi connectivity index (χ1v) is 9.56. The van der Waals surface area contributed by atoms with Crippen molar-refractivity contribution in [1.82, 2.24) is 0 Å². The van der Waals surface area contributed by atoms with Gasteiger partial charge in [-0.3, -0.25) is 9.59 Å². The summed E-state index contributed by atoms with van der Waals surface area (Å²) in [6.07, 6.45) is 4.46. The van der Waals surface area contributed by atoms with Crippen molar-refractivity contribution in [1.29, 1.82) is 0 Å². The third kappa shape index (κ3) is 4.11. The second kappa shape index (κ2) is 8.33. The number of ether oxygens (including phenoxy) is 4. The molecule has 2 aromatic rings. The van der Waals surface area contributed by atoms with Crippen LogP contribution in [0.2, 0.25) is 0 Å². The van der Waals surface area contributed by atoms with Gasteiger partial charge in [0.2, 0.25) is 13.6 Å². The molecule has 4 rings (SSSR count). The molecule has 2 aromatic carbocycles. The Hall–Kier alpha value is -3.02. The van der Waals surface area contributed by atoms with Crippen LogP contribution in [0.15, 0.2) is 36.4 Å². The monoisotopic (exact) mass is 382 g/mol.